The maximum atomic E-state index is 10.6. The Hall–Kier alpha value is -5.12. The molecule has 0 bridgehead atoms. The lowest BCUT2D eigenvalue weighted by Gasteiger charge is -2.36. The molecule has 57 heavy (non-hydrogen) atoms. The zero-order valence-electron chi connectivity index (χ0n) is 34.7. The van der Waals surface area contributed by atoms with Gasteiger partial charge in [-0.15, -0.1) is 0 Å². The molecule has 0 aromatic heterocycles. The van der Waals surface area contributed by atoms with E-state index in [9.17, 15) is 10.2 Å². The summed E-state index contributed by atoms with van der Waals surface area (Å²) in [5.74, 6) is 7.02. The fourth-order valence-corrected chi connectivity index (χ4v) is 8.38. The minimum atomic E-state index is -0.184. The number of phenolic OH excluding ortho intramolecular Hbond substituents is 2. The molecular formula is C47H58O10. The smallest absolute Gasteiger partial charge is 0.133 e. The number of rotatable bonds is 9. The predicted molar refractivity (Wildman–Crippen MR) is 219 cm³/mol. The average Bonchev–Trinajstić information content (AvgIpc) is 3.18. The van der Waals surface area contributed by atoms with Crippen molar-refractivity contribution < 1.29 is 48.1 Å². The molecule has 10 nitrogen and oxygen atoms in total. The number of ether oxygens (including phenoxy) is 8. The molecule has 4 aliphatic rings. The minimum absolute atomic E-state index is 0.0515. The SMILES string of the molecule is CCCOc1ccc([C@H]2COc3c(c(OC)cc4c3CCC(C)(C)O4)C2)c(O)c1.CCOc1ccc([C@H]2COc3c(c(OC)cc4c3CCC(C)(C)O4)C2)c(O)c1. The van der Waals surface area contributed by atoms with E-state index >= 15 is 0 Å². The Balaban J connectivity index is 0.000000174. The molecule has 8 rings (SSSR count). The van der Waals surface area contributed by atoms with Gasteiger partial charge in [0.25, 0.3) is 0 Å². The van der Waals surface area contributed by atoms with Gasteiger partial charge in [0.15, 0.2) is 0 Å². The summed E-state index contributed by atoms with van der Waals surface area (Å²) in [4.78, 5) is 0. The Kier molecular flexibility index (Phi) is 11.5. The number of hydrogen-bond donors (Lipinski definition) is 2. The topological polar surface area (TPSA) is 114 Å². The summed E-state index contributed by atoms with van der Waals surface area (Å²) < 4.78 is 47.3. The van der Waals surface area contributed by atoms with Crippen molar-refractivity contribution in [1.82, 2.24) is 0 Å². The summed E-state index contributed by atoms with van der Waals surface area (Å²) in [7, 11) is 3.35. The third-order valence-corrected chi connectivity index (χ3v) is 11.4. The first-order chi connectivity index (χ1) is 27.3. The van der Waals surface area contributed by atoms with Crippen LogP contribution in [0.1, 0.15) is 106 Å². The van der Waals surface area contributed by atoms with Crippen LogP contribution in [-0.4, -0.2) is 62.1 Å². The number of aromatic hydroxyl groups is 2. The van der Waals surface area contributed by atoms with Crippen molar-refractivity contribution in [2.75, 3.05) is 40.6 Å². The van der Waals surface area contributed by atoms with E-state index in [1.54, 1.807) is 26.4 Å². The summed E-state index contributed by atoms with van der Waals surface area (Å²) in [6.07, 6.45) is 6.17. The maximum Gasteiger partial charge on any atom is 0.133 e. The van der Waals surface area contributed by atoms with Gasteiger partial charge in [0, 0.05) is 69.5 Å². The van der Waals surface area contributed by atoms with Gasteiger partial charge in [0.05, 0.1) is 40.6 Å². The van der Waals surface area contributed by atoms with Gasteiger partial charge in [-0.2, -0.15) is 0 Å². The van der Waals surface area contributed by atoms with Crippen LogP contribution in [0.3, 0.4) is 0 Å². The van der Waals surface area contributed by atoms with Crippen LogP contribution in [0, 0.1) is 0 Å². The number of methoxy groups -OCH3 is 2. The highest BCUT2D eigenvalue weighted by Gasteiger charge is 2.37. The second kappa shape index (κ2) is 16.4. The van der Waals surface area contributed by atoms with Gasteiger partial charge < -0.3 is 48.1 Å². The summed E-state index contributed by atoms with van der Waals surface area (Å²) in [5, 5.41) is 21.1. The van der Waals surface area contributed by atoms with Crippen molar-refractivity contribution in [3.05, 3.63) is 81.9 Å². The Morgan fingerprint density at radius 3 is 1.49 bits per heavy atom. The zero-order chi connectivity index (χ0) is 40.5. The lowest BCUT2D eigenvalue weighted by atomic mass is 9.85. The molecule has 0 saturated heterocycles. The van der Waals surface area contributed by atoms with E-state index in [-0.39, 0.29) is 34.5 Å². The van der Waals surface area contributed by atoms with Crippen molar-refractivity contribution in [2.45, 2.75) is 110 Å². The normalized spacial score (nSPS) is 19.5. The maximum absolute atomic E-state index is 10.6. The lowest BCUT2D eigenvalue weighted by molar-refractivity contribution is 0.0817. The average molecular weight is 783 g/mol. The van der Waals surface area contributed by atoms with Crippen molar-refractivity contribution in [2.24, 2.45) is 0 Å². The molecular weight excluding hydrogens is 725 g/mol. The number of fused-ring (bicyclic) bond motifs is 6. The summed E-state index contributed by atoms with van der Waals surface area (Å²) in [6, 6.07) is 15.0. The number of phenols is 2. The molecule has 10 heteroatoms. The van der Waals surface area contributed by atoms with Crippen LogP contribution in [0.5, 0.6) is 57.5 Å². The highest BCUT2D eigenvalue weighted by atomic mass is 16.5. The van der Waals surface area contributed by atoms with E-state index in [0.717, 1.165) is 113 Å². The van der Waals surface area contributed by atoms with Crippen molar-refractivity contribution in [1.29, 1.82) is 0 Å². The first kappa shape index (κ1) is 40.1. The lowest BCUT2D eigenvalue weighted by Crippen LogP contribution is -2.33. The highest BCUT2D eigenvalue weighted by molar-refractivity contribution is 5.61. The van der Waals surface area contributed by atoms with Gasteiger partial charge in [-0.25, -0.2) is 0 Å². The molecule has 0 saturated carbocycles. The van der Waals surface area contributed by atoms with Crippen LogP contribution in [0.2, 0.25) is 0 Å². The Labute approximate surface area is 336 Å². The molecule has 4 heterocycles. The van der Waals surface area contributed by atoms with Crippen LogP contribution in [0.15, 0.2) is 48.5 Å². The molecule has 2 atom stereocenters. The molecule has 0 unspecified atom stereocenters. The van der Waals surface area contributed by atoms with E-state index < -0.39 is 0 Å². The highest BCUT2D eigenvalue weighted by Crippen LogP contribution is 2.51. The molecule has 4 aromatic carbocycles. The molecule has 0 amide bonds. The molecule has 2 N–H and O–H groups in total. The fourth-order valence-electron chi connectivity index (χ4n) is 8.38. The molecule has 0 radical (unpaired) electrons. The van der Waals surface area contributed by atoms with Gasteiger partial charge in [-0.1, -0.05) is 19.1 Å². The van der Waals surface area contributed by atoms with Gasteiger partial charge in [0.1, 0.15) is 68.7 Å². The monoisotopic (exact) mass is 782 g/mol. The largest absolute Gasteiger partial charge is 0.508 e. The quantitative estimate of drug-likeness (QED) is 0.170. The van der Waals surface area contributed by atoms with Crippen LogP contribution in [0.4, 0.5) is 0 Å². The van der Waals surface area contributed by atoms with E-state index in [0.29, 0.717) is 37.9 Å². The molecule has 0 fully saturated rings. The summed E-state index contributed by atoms with van der Waals surface area (Å²) in [5.41, 5.74) is 5.73. The fraction of sp³-hybridized carbons (Fsp3) is 0.489. The van der Waals surface area contributed by atoms with E-state index in [2.05, 4.69) is 34.6 Å². The van der Waals surface area contributed by atoms with Crippen molar-refractivity contribution >= 4 is 0 Å². The third kappa shape index (κ3) is 8.46. The molecule has 0 spiro atoms. The van der Waals surface area contributed by atoms with E-state index in [4.69, 9.17) is 37.9 Å². The molecule has 306 valence electrons. The second-order valence-electron chi connectivity index (χ2n) is 16.6. The second-order valence-corrected chi connectivity index (χ2v) is 16.6. The van der Waals surface area contributed by atoms with Crippen LogP contribution in [-0.2, 0) is 25.7 Å². The van der Waals surface area contributed by atoms with Gasteiger partial charge in [-0.3, -0.25) is 0 Å². The third-order valence-electron chi connectivity index (χ3n) is 11.4. The van der Waals surface area contributed by atoms with E-state index in [1.807, 2.05) is 43.3 Å². The zero-order valence-corrected chi connectivity index (χ0v) is 34.7. The first-order valence-corrected chi connectivity index (χ1v) is 20.3. The Morgan fingerprint density at radius 1 is 0.632 bits per heavy atom. The van der Waals surface area contributed by atoms with Gasteiger partial charge in [-0.05, 0) is 91.7 Å². The standard InChI is InChI=1S/C24H30O5.C23H28O5/c1-5-10-27-16-6-7-17(20(25)12-16)15-11-19-21(26-4)13-22-18(23(19)28-14-15)8-9-24(2,3)29-22;1-5-26-15-6-7-16(19(24)11-15)14-10-18-20(25-4)12-21-17(22(18)27-13-14)8-9-23(2,3)28-21/h6-7,12-13,15,25H,5,8-11,14H2,1-4H3;6-7,11-12,14,24H,5,8-10,13H2,1-4H3/t15-;14-/m11/s1. The summed E-state index contributed by atoms with van der Waals surface area (Å²) >= 11 is 0. The van der Waals surface area contributed by atoms with Crippen LogP contribution >= 0.6 is 0 Å². The van der Waals surface area contributed by atoms with Gasteiger partial charge in [0.2, 0.25) is 0 Å². The van der Waals surface area contributed by atoms with E-state index in [1.165, 1.54) is 0 Å². The van der Waals surface area contributed by atoms with Gasteiger partial charge >= 0.3 is 0 Å². The molecule has 4 aliphatic heterocycles. The first-order valence-electron chi connectivity index (χ1n) is 20.3. The minimum Gasteiger partial charge on any atom is -0.508 e. The van der Waals surface area contributed by atoms with Crippen LogP contribution < -0.4 is 37.9 Å². The summed E-state index contributed by atoms with van der Waals surface area (Å²) in [6.45, 7) is 14.6. The number of hydrogen-bond acceptors (Lipinski definition) is 10. The van der Waals surface area contributed by atoms with Crippen LogP contribution in [0.25, 0.3) is 0 Å². The Bertz CT molecular complexity index is 2090. The Morgan fingerprint density at radius 2 is 1.09 bits per heavy atom. The van der Waals surface area contributed by atoms with Crippen molar-refractivity contribution in [3.8, 4) is 57.5 Å². The molecule has 0 aliphatic carbocycles. The van der Waals surface area contributed by atoms with Crippen molar-refractivity contribution in [3.63, 3.8) is 0 Å². The predicted octanol–water partition coefficient (Wildman–Crippen LogP) is 9.63. The number of benzene rings is 4. The molecule has 4 aromatic rings.